The highest BCUT2D eigenvalue weighted by Gasteiger charge is 2.11. The largest absolute Gasteiger partial charge is 0.324 e. The van der Waals surface area contributed by atoms with Crippen LogP contribution in [0.15, 0.2) is 67.0 Å². The number of aryl methyl sites for hydroxylation is 1. The van der Waals surface area contributed by atoms with Gasteiger partial charge in [0.05, 0.1) is 10.2 Å². The van der Waals surface area contributed by atoms with Crippen molar-refractivity contribution in [3.63, 3.8) is 0 Å². The van der Waals surface area contributed by atoms with Crippen molar-refractivity contribution in [1.29, 1.82) is 0 Å². The molecular weight excluding hydrogens is 318 g/mol. The van der Waals surface area contributed by atoms with E-state index in [0.717, 1.165) is 21.5 Å². The van der Waals surface area contributed by atoms with E-state index in [9.17, 15) is 4.79 Å². The third kappa shape index (κ3) is 2.70. The third-order valence-electron chi connectivity index (χ3n) is 3.87. The number of thiazole rings is 1. The van der Waals surface area contributed by atoms with Crippen LogP contribution in [0.5, 0.6) is 0 Å². The lowest BCUT2D eigenvalue weighted by atomic mass is 10.2. The summed E-state index contributed by atoms with van der Waals surface area (Å²) in [6, 6.07) is 17.5. The van der Waals surface area contributed by atoms with Gasteiger partial charge in [0.2, 0.25) is 0 Å². The fourth-order valence-corrected chi connectivity index (χ4v) is 3.54. The first-order valence-electron chi connectivity index (χ1n) is 7.61. The molecule has 2 heterocycles. The topological polar surface area (TPSA) is 46.9 Å². The highest BCUT2D eigenvalue weighted by molar-refractivity contribution is 7.22. The number of benzene rings is 2. The molecule has 5 heteroatoms. The third-order valence-corrected chi connectivity index (χ3v) is 4.81. The predicted octanol–water partition coefficient (Wildman–Crippen LogP) is 4.65. The summed E-state index contributed by atoms with van der Waals surface area (Å²) < 4.78 is 3.08. The summed E-state index contributed by atoms with van der Waals surface area (Å²) in [4.78, 5) is 16.9. The van der Waals surface area contributed by atoms with Gasteiger partial charge in [-0.15, -0.1) is 0 Å². The Hall–Kier alpha value is -2.92. The zero-order valence-electron chi connectivity index (χ0n) is 13.1. The molecule has 4 rings (SSSR count). The fourth-order valence-electron chi connectivity index (χ4n) is 2.60. The number of fused-ring (bicyclic) bond motifs is 1. The Balaban J connectivity index is 1.56. The van der Waals surface area contributed by atoms with Gasteiger partial charge in [0.1, 0.15) is 0 Å². The van der Waals surface area contributed by atoms with Gasteiger partial charge in [-0.05, 0) is 55.0 Å². The van der Waals surface area contributed by atoms with Crippen LogP contribution in [0, 0.1) is 6.92 Å². The van der Waals surface area contributed by atoms with Crippen molar-refractivity contribution in [1.82, 2.24) is 9.55 Å². The van der Waals surface area contributed by atoms with E-state index in [1.54, 1.807) is 0 Å². The van der Waals surface area contributed by atoms with Crippen LogP contribution in [0.25, 0.3) is 15.9 Å². The molecule has 0 unspecified atom stereocenters. The van der Waals surface area contributed by atoms with E-state index in [1.165, 1.54) is 11.3 Å². The van der Waals surface area contributed by atoms with Gasteiger partial charge >= 0.3 is 0 Å². The van der Waals surface area contributed by atoms with Crippen LogP contribution in [-0.2, 0) is 0 Å². The normalized spacial score (nSPS) is 10.9. The van der Waals surface area contributed by atoms with Gasteiger partial charge in [-0.1, -0.05) is 23.5 Å². The second kappa shape index (κ2) is 5.94. The van der Waals surface area contributed by atoms with E-state index in [1.807, 2.05) is 78.5 Å². The second-order valence-electron chi connectivity index (χ2n) is 5.53. The first kappa shape index (κ1) is 14.7. The summed E-state index contributed by atoms with van der Waals surface area (Å²) >= 11 is 1.49. The molecule has 0 saturated heterocycles. The first-order valence-corrected chi connectivity index (χ1v) is 8.43. The molecule has 2 aromatic carbocycles. The zero-order valence-corrected chi connectivity index (χ0v) is 13.9. The molecule has 118 valence electrons. The van der Waals surface area contributed by atoms with Crippen LogP contribution in [-0.4, -0.2) is 15.5 Å². The molecule has 4 nitrogen and oxygen atoms in total. The molecule has 0 fully saturated rings. The van der Waals surface area contributed by atoms with E-state index in [2.05, 4.69) is 10.3 Å². The van der Waals surface area contributed by atoms with Gasteiger partial charge in [-0.3, -0.25) is 10.1 Å². The van der Waals surface area contributed by atoms with Gasteiger partial charge in [0, 0.05) is 23.6 Å². The number of nitrogens with one attached hydrogen (secondary N) is 1. The number of anilines is 1. The number of para-hydroxylation sites is 1. The molecule has 24 heavy (non-hydrogen) atoms. The molecule has 0 radical (unpaired) electrons. The first-order chi connectivity index (χ1) is 11.7. The number of nitrogens with zero attached hydrogens (tertiary/aromatic N) is 2. The van der Waals surface area contributed by atoms with Crippen LogP contribution in [0.4, 0.5) is 5.13 Å². The van der Waals surface area contributed by atoms with Crippen LogP contribution < -0.4 is 5.32 Å². The molecule has 0 aliphatic rings. The van der Waals surface area contributed by atoms with Crippen molar-refractivity contribution >= 4 is 32.6 Å². The summed E-state index contributed by atoms with van der Waals surface area (Å²) in [5.41, 5.74) is 3.69. The van der Waals surface area contributed by atoms with E-state index in [4.69, 9.17) is 0 Å². The van der Waals surface area contributed by atoms with E-state index in [-0.39, 0.29) is 5.91 Å². The van der Waals surface area contributed by atoms with Crippen LogP contribution in [0.2, 0.25) is 0 Å². The molecule has 4 aromatic rings. The number of rotatable bonds is 3. The van der Waals surface area contributed by atoms with E-state index < -0.39 is 0 Å². The lowest BCUT2D eigenvalue weighted by Crippen LogP contribution is -2.11. The summed E-state index contributed by atoms with van der Waals surface area (Å²) in [7, 11) is 0. The van der Waals surface area contributed by atoms with Crippen LogP contribution >= 0.6 is 11.3 Å². The van der Waals surface area contributed by atoms with Gasteiger partial charge in [-0.2, -0.15) is 0 Å². The Bertz CT molecular complexity index is 1000. The lowest BCUT2D eigenvalue weighted by molar-refractivity contribution is 0.102. The minimum absolute atomic E-state index is 0.147. The second-order valence-corrected chi connectivity index (χ2v) is 6.56. The quantitative estimate of drug-likeness (QED) is 0.593. The molecule has 0 spiro atoms. The van der Waals surface area contributed by atoms with Crippen LogP contribution in [0.3, 0.4) is 0 Å². The molecule has 1 N–H and O–H groups in total. The van der Waals surface area contributed by atoms with Gasteiger partial charge in [0.15, 0.2) is 5.13 Å². The molecule has 0 saturated carbocycles. The molecule has 0 atom stereocenters. The average molecular weight is 333 g/mol. The monoisotopic (exact) mass is 333 g/mol. The van der Waals surface area contributed by atoms with Gasteiger partial charge in [-0.25, -0.2) is 4.98 Å². The maximum Gasteiger partial charge on any atom is 0.257 e. The van der Waals surface area contributed by atoms with E-state index >= 15 is 0 Å². The summed E-state index contributed by atoms with van der Waals surface area (Å²) in [5, 5.41) is 3.51. The van der Waals surface area contributed by atoms with Crippen LogP contribution in [0.1, 0.15) is 15.9 Å². The minimum atomic E-state index is -0.147. The smallest absolute Gasteiger partial charge is 0.257 e. The van der Waals surface area contributed by atoms with Crippen molar-refractivity contribution in [3.05, 3.63) is 78.1 Å². The fraction of sp³-hybridized carbons (Fsp3) is 0.0526. The lowest BCUT2D eigenvalue weighted by Gasteiger charge is -2.05. The number of hydrogen-bond acceptors (Lipinski definition) is 3. The van der Waals surface area contributed by atoms with Crippen molar-refractivity contribution in [3.8, 4) is 5.69 Å². The molecular formula is C19H15N3OS. The number of hydrogen-bond donors (Lipinski definition) is 1. The highest BCUT2D eigenvalue weighted by Crippen LogP contribution is 2.28. The molecule has 2 aromatic heterocycles. The Morgan fingerprint density at radius 3 is 2.50 bits per heavy atom. The van der Waals surface area contributed by atoms with Crippen molar-refractivity contribution < 1.29 is 4.79 Å². The Labute approximate surface area is 143 Å². The summed E-state index contributed by atoms with van der Waals surface area (Å²) in [5.74, 6) is -0.147. The average Bonchev–Trinajstić information content (AvgIpc) is 3.25. The Kier molecular flexibility index (Phi) is 3.63. The standard InChI is InChI=1S/C19H15N3OS/c1-13-5-4-6-16-17(13)20-19(24-16)21-18(23)14-7-9-15(10-8-14)22-11-2-3-12-22/h2-12H,1H3,(H,20,21,23). The molecule has 0 aliphatic carbocycles. The SMILES string of the molecule is Cc1cccc2sc(NC(=O)c3ccc(-n4cccc4)cc3)nc12. The maximum absolute atomic E-state index is 12.4. The molecule has 0 aliphatic heterocycles. The molecule has 0 bridgehead atoms. The minimum Gasteiger partial charge on any atom is -0.324 e. The maximum atomic E-state index is 12.4. The van der Waals surface area contributed by atoms with Crippen molar-refractivity contribution in [2.24, 2.45) is 0 Å². The highest BCUT2D eigenvalue weighted by atomic mass is 32.1. The van der Waals surface area contributed by atoms with Gasteiger partial charge in [0.25, 0.3) is 5.91 Å². The summed E-state index contributed by atoms with van der Waals surface area (Å²) in [6.07, 6.45) is 3.94. The van der Waals surface area contributed by atoms with Crippen molar-refractivity contribution in [2.75, 3.05) is 5.32 Å². The molecule has 1 amide bonds. The summed E-state index contributed by atoms with van der Waals surface area (Å²) in [6.45, 7) is 2.02. The number of carbonyl (C=O) groups excluding carboxylic acids is 1. The van der Waals surface area contributed by atoms with E-state index in [0.29, 0.717) is 10.7 Å². The van der Waals surface area contributed by atoms with Gasteiger partial charge < -0.3 is 4.57 Å². The number of amides is 1. The van der Waals surface area contributed by atoms with Crippen molar-refractivity contribution in [2.45, 2.75) is 6.92 Å². The number of carbonyl (C=O) groups is 1. The zero-order chi connectivity index (χ0) is 16.5. The predicted molar refractivity (Wildman–Crippen MR) is 98.1 cm³/mol. The Morgan fingerprint density at radius 1 is 1.04 bits per heavy atom. The number of aromatic nitrogens is 2. The Morgan fingerprint density at radius 2 is 1.79 bits per heavy atom.